The van der Waals surface area contributed by atoms with Crippen LogP contribution in [0.2, 0.25) is 0 Å². The van der Waals surface area contributed by atoms with Gasteiger partial charge >= 0.3 is 0 Å². The molecule has 1 atom stereocenters. The predicted octanol–water partition coefficient (Wildman–Crippen LogP) is 4.76. The molecule has 3 heterocycles. The number of carbonyl (C=O) groups is 1. The van der Waals surface area contributed by atoms with Crippen molar-refractivity contribution >= 4 is 33.3 Å². The fourth-order valence-electron chi connectivity index (χ4n) is 3.75. The Morgan fingerprint density at radius 1 is 1.14 bits per heavy atom. The van der Waals surface area contributed by atoms with Gasteiger partial charge in [-0.15, -0.1) is 11.3 Å². The Morgan fingerprint density at radius 2 is 1.90 bits per heavy atom. The van der Waals surface area contributed by atoms with Gasteiger partial charge in [-0.2, -0.15) is 0 Å². The van der Waals surface area contributed by atoms with Crippen LogP contribution < -0.4 is 10.3 Å². The predicted molar refractivity (Wildman–Crippen MR) is 109 cm³/mol. The minimum absolute atomic E-state index is 0.0609. The van der Waals surface area contributed by atoms with E-state index in [9.17, 15) is 14.0 Å². The molecule has 0 bridgehead atoms. The van der Waals surface area contributed by atoms with Gasteiger partial charge in [0.25, 0.3) is 5.91 Å². The molecule has 1 amide bonds. The second-order valence-electron chi connectivity index (χ2n) is 7.02. The standard InChI is InChI=1S/C22H15FN2O3S/c1-11-9-14-16(10-12(11)2)28-20-17(19(14)26)18(13-5-3-4-6-15(13)23)25(21(20)27)22-24-7-8-29-22/h3-10,18H,1-2H3/t18-/m1/s1. The van der Waals surface area contributed by atoms with E-state index < -0.39 is 17.8 Å². The van der Waals surface area contributed by atoms with Crippen molar-refractivity contribution in [1.82, 2.24) is 4.98 Å². The highest BCUT2D eigenvalue weighted by atomic mass is 32.1. The normalized spacial score (nSPS) is 15.9. The Kier molecular flexibility index (Phi) is 3.89. The van der Waals surface area contributed by atoms with Gasteiger partial charge < -0.3 is 4.42 Å². The van der Waals surface area contributed by atoms with Crippen LogP contribution in [0.15, 0.2) is 57.2 Å². The number of carbonyl (C=O) groups excluding carboxylic acids is 1. The number of thiazole rings is 1. The number of fused-ring (bicyclic) bond motifs is 2. The third-order valence-electron chi connectivity index (χ3n) is 5.31. The molecular formula is C22H15FN2O3S. The van der Waals surface area contributed by atoms with E-state index >= 15 is 0 Å². The molecule has 2 aromatic heterocycles. The lowest BCUT2D eigenvalue weighted by atomic mass is 9.97. The Bertz CT molecular complexity index is 1340. The van der Waals surface area contributed by atoms with Crippen molar-refractivity contribution in [2.75, 3.05) is 4.90 Å². The molecule has 5 rings (SSSR count). The molecule has 144 valence electrons. The number of hydrogen-bond donors (Lipinski definition) is 0. The summed E-state index contributed by atoms with van der Waals surface area (Å²) in [5.41, 5.74) is 2.28. The van der Waals surface area contributed by atoms with E-state index in [0.29, 0.717) is 16.1 Å². The molecule has 1 aliphatic heterocycles. The highest BCUT2D eigenvalue weighted by Crippen LogP contribution is 2.42. The summed E-state index contributed by atoms with van der Waals surface area (Å²) >= 11 is 1.24. The maximum atomic E-state index is 14.8. The average Bonchev–Trinajstić information content (AvgIpc) is 3.31. The fourth-order valence-corrected chi connectivity index (χ4v) is 4.42. The number of rotatable bonds is 2. The van der Waals surface area contributed by atoms with E-state index in [-0.39, 0.29) is 22.3 Å². The van der Waals surface area contributed by atoms with Crippen LogP contribution in [0.5, 0.6) is 0 Å². The summed E-state index contributed by atoms with van der Waals surface area (Å²) in [6.45, 7) is 3.82. The van der Waals surface area contributed by atoms with E-state index in [2.05, 4.69) is 4.98 Å². The first kappa shape index (κ1) is 17.8. The van der Waals surface area contributed by atoms with Crippen molar-refractivity contribution in [1.29, 1.82) is 0 Å². The topological polar surface area (TPSA) is 63.4 Å². The van der Waals surface area contributed by atoms with Crippen LogP contribution in [0.1, 0.15) is 38.9 Å². The van der Waals surface area contributed by atoms with E-state index in [1.165, 1.54) is 22.3 Å². The molecular weight excluding hydrogens is 391 g/mol. The number of hydrogen-bond acceptors (Lipinski definition) is 5. The third-order valence-corrected chi connectivity index (χ3v) is 6.08. The van der Waals surface area contributed by atoms with Gasteiger partial charge in [0.1, 0.15) is 17.4 Å². The lowest BCUT2D eigenvalue weighted by Gasteiger charge is -2.22. The molecule has 0 N–H and O–H groups in total. The summed E-state index contributed by atoms with van der Waals surface area (Å²) in [7, 11) is 0. The molecule has 5 nitrogen and oxygen atoms in total. The molecule has 2 aromatic carbocycles. The molecule has 4 aromatic rings. The lowest BCUT2D eigenvalue weighted by molar-refractivity contribution is 0.0970. The van der Waals surface area contributed by atoms with Crippen LogP contribution in [0, 0.1) is 19.7 Å². The Morgan fingerprint density at radius 3 is 2.62 bits per heavy atom. The van der Waals surface area contributed by atoms with Crippen molar-refractivity contribution in [3.63, 3.8) is 0 Å². The largest absolute Gasteiger partial charge is 0.450 e. The minimum atomic E-state index is -0.938. The van der Waals surface area contributed by atoms with Crippen LogP contribution in [0.4, 0.5) is 9.52 Å². The number of benzene rings is 2. The highest BCUT2D eigenvalue weighted by Gasteiger charge is 2.45. The number of anilines is 1. The van der Waals surface area contributed by atoms with Gasteiger partial charge in [0.05, 0.1) is 10.9 Å². The Labute approximate surface area is 169 Å². The Balaban J connectivity index is 1.87. The zero-order valence-electron chi connectivity index (χ0n) is 15.6. The Hall–Kier alpha value is -3.32. The molecule has 0 saturated heterocycles. The zero-order valence-corrected chi connectivity index (χ0v) is 16.4. The number of aryl methyl sites for hydroxylation is 2. The first-order chi connectivity index (χ1) is 14.0. The summed E-state index contributed by atoms with van der Waals surface area (Å²) in [6, 6.07) is 8.71. The van der Waals surface area contributed by atoms with E-state index in [4.69, 9.17) is 4.42 Å². The maximum absolute atomic E-state index is 14.8. The molecule has 7 heteroatoms. The van der Waals surface area contributed by atoms with Crippen molar-refractivity contribution in [3.05, 3.63) is 92.0 Å². The van der Waals surface area contributed by atoms with Crippen molar-refractivity contribution < 1.29 is 13.6 Å². The number of nitrogens with zero attached hydrogens (tertiary/aromatic N) is 2. The zero-order chi connectivity index (χ0) is 20.3. The first-order valence-electron chi connectivity index (χ1n) is 9.03. The quantitative estimate of drug-likeness (QED) is 0.482. The highest BCUT2D eigenvalue weighted by molar-refractivity contribution is 7.13. The maximum Gasteiger partial charge on any atom is 0.297 e. The second kappa shape index (κ2) is 6.35. The van der Waals surface area contributed by atoms with Crippen molar-refractivity contribution in [3.8, 4) is 0 Å². The summed E-state index contributed by atoms with van der Waals surface area (Å²) in [5.74, 6) is -1.06. The van der Waals surface area contributed by atoms with Crippen LogP contribution in [0.25, 0.3) is 11.0 Å². The van der Waals surface area contributed by atoms with Crippen LogP contribution >= 0.6 is 11.3 Å². The van der Waals surface area contributed by atoms with E-state index in [1.54, 1.807) is 41.9 Å². The monoisotopic (exact) mass is 406 g/mol. The number of amides is 1. The van der Waals surface area contributed by atoms with Gasteiger partial charge in [-0.3, -0.25) is 14.5 Å². The SMILES string of the molecule is Cc1cc2oc3c(c(=O)c2cc1C)[C@@H](c1ccccc1F)N(c1nccs1)C3=O. The van der Waals surface area contributed by atoms with Crippen LogP contribution in [-0.4, -0.2) is 10.9 Å². The number of halogens is 1. The molecule has 0 spiro atoms. The average molecular weight is 406 g/mol. The van der Waals surface area contributed by atoms with Gasteiger partial charge in [0.15, 0.2) is 10.6 Å². The van der Waals surface area contributed by atoms with E-state index in [1.807, 2.05) is 13.8 Å². The molecule has 0 aliphatic carbocycles. The summed E-state index contributed by atoms with van der Waals surface area (Å²) in [4.78, 5) is 32.3. The minimum Gasteiger partial charge on any atom is -0.450 e. The summed E-state index contributed by atoms with van der Waals surface area (Å²) < 4.78 is 20.7. The molecule has 29 heavy (non-hydrogen) atoms. The molecule has 0 unspecified atom stereocenters. The lowest BCUT2D eigenvalue weighted by Crippen LogP contribution is -2.29. The number of aromatic nitrogens is 1. The van der Waals surface area contributed by atoms with Gasteiger partial charge in [0, 0.05) is 17.1 Å². The smallest absolute Gasteiger partial charge is 0.297 e. The van der Waals surface area contributed by atoms with Gasteiger partial charge in [-0.25, -0.2) is 9.37 Å². The molecule has 0 saturated carbocycles. The van der Waals surface area contributed by atoms with Crippen LogP contribution in [-0.2, 0) is 0 Å². The summed E-state index contributed by atoms with van der Waals surface area (Å²) in [5, 5.41) is 2.48. The molecule has 1 aliphatic rings. The summed E-state index contributed by atoms with van der Waals surface area (Å²) in [6.07, 6.45) is 1.56. The van der Waals surface area contributed by atoms with Crippen molar-refractivity contribution in [2.45, 2.75) is 19.9 Å². The first-order valence-corrected chi connectivity index (χ1v) is 9.90. The third kappa shape index (κ3) is 2.54. The van der Waals surface area contributed by atoms with Gasteiger partial charge in [-0.05, 0) is 43.2 Å². The van der Waals surface area contributed by atoms with Gasteiger partial charge in [0.2, 0.25) is 5.76 Å². The molecule has 0 radical (unpaired) electrons. The molecule has 0 fully saturated rings. The van der Waals surface area contributed by atoms with E-state index in [0.717, 1.165) is 11.1 Å². The van der Waals surface area contributed by atoms with Gasteiger partial charge in [-0.1, -0.05) is 18.2 Å². The van der Waals surface area contributed by atoms with Crippen LogP contribution in [0.3, 0.4) is 0 Å². The van der Waals surface area contributed by atoms with Crippen molar-refractivity contribution in [2.24, 2.45) is 0 Å². The fraction of sp³-hybridized carbons (Fsp3) is 0.136. The second-order valence-corrected chi connectivity index (χ2v) is 7.89.